The molecule has 0 aliphatic heterocycles. The topological polar surface area (TPSA) is 102 Å². The van der Waals surface area contributed by atoms with Gasteiger partial charge in [0.1, 0.15) is 5.65 Å². The molecular weight excluding hydrogens is 312 g/mol. The van der Waals surface area contributed by atoms with Crippen molar-refractivity contribution >= 4 is 23.6 Å². The van der Waals surface area contributed by atoms with Crippen molar-refractivity contribution in [3.05, 3.63) is 35.8 Å². The number of imide groups is 1. The molecule has 1 atom stereocenters. The first-order valence-corrected chi connectivity index (χ1v) is 7.71. The van der Waals surface area contributed by atoms with E-state index in [0.717, 1.165) is 18.5 Å². The van der Waals surface area contributed by atoms with Crippen molar-refractivity contribution < 1.29 is 19.1 Å². The van der Waals surface area contributed by atoms with Crippen molar-refractivity contribution in [2.75, 3.05) is 0 Å². The maximum absolute atomic E-state index is 12.1. The van der Waals surface area contributed by atoms with Crippen LogP contribution in [0.25, 0.3) is 5.65 Å². The van der Waals surface area contributed by atoms with Gasteiger partial charge in [-0.3, -0.25) is 10.1 Å². The van der Waals surface area contributed by atoms with Crippen molar-refractivity contribution in [2.45, 2.75) is 38.8 Å². The summed E-state index contributed by atoms with van der Waals surface area (Å²) in [6.07, 6.45) is 2.28. The summed E-state index contributed by atoms with van der Waals surface area (Å²) in [6.45, 7) is 3.29. The van der Waals surface area contributed by atoms with Gasteiger partial charge in [0.25, 0.3) is 5.91 Å². The highest BCUT2D eigenvalue weighted by Crippen LogP contribution is 2.18. The van der Waals surface area contributed by atoms with Gasteiger partial charge >= 0.3 is 12.0 Å². The number of urea groups is 1. The molecule has 1 unspecified atom stereocenters. The molecule has 2 aromatic rings. The summed E-state index contributed by atoms with van der Waals surface area (Å²) in [5.41, 5.74) is 1.64. The van der Waals surface area contributed by atoms with Crippen LogP contribution in [0.4, 0.5) is 4.79 Å². The fourth-order valence-electron chi connectivity index (χ4n) is 2.18. The number of carbonyl (C=O) groups is 3. The van der Waals surface area contributed by atoms with Crippen molar-refractivity contribution in [1.29, 1.82) is 0 Å². The molecule has 1 saturated carbocycles. The number of hydrogen-bond donors (Lipinski definition) is 2. The third-order valence-electron chi connectivity index (χ3n) is 3.71. The Morgan fingerprint density at radius 2 is 2.08 bits per heavy atom. The molecule has 1 aliphatic rings. The zero-order valence-corrected chi connectivity index (χ0v) is 13.4. The van der Waals surface area contributed by atoms with Gasteiger partial charge in [0.2, 0.25) is 0 Å². The Bertz CT molecular complexity index is 810. The van der Waals surface area contributed by atoms with Gasteiger partial charge in [0.05, 0.1) is 0 Å². The molecule has 0 spiro atoms. The number of fused-ring (bicyclic) bond motifs is 1. The SMILES string of the molecule is Cc1cccc2nc(C(=O)OC(C)C(=O)NC(=O)NC3CC3)cn12. The summed E-state index contributed by atoms with van der Waals surface area (Å²) in [4.78, 5) is 39.7. The van der Waals surface area contributed by atoms with E-state index in [1.807, 2.05) is 19.1 Å². The normalized spacial score (nSPS) is 14.9. The average molecular weight is 330 g/mol. The summed E-state index contributed by atoms with van der Waals surface area (Å²) < 4.78 is 6.84. The Hall–Kier alpha value is -2.90. The molecule has 1 fully saturated rings. The van der Waals surface area contributed by atoms with Gasteiger partial charge in [-0.05, 0) is 38.8 Å². The van der Waals surface area contributed by atoms with E-state index in [-0.39, 0.29) is 11.7 Å². The first kappa shape index (κ1) is 16.0. The van der Waals surface area contributed by atoms with Crippen LogP contribution in [0.2, 0.25) is 0 Å². The highest BCUT2D eigenvalue weighted by molar-refractivity contribution is 5.98. The van der Waals surface area contributed by atoms with Crippen LogP contribution in [0.15, 0.2) is 24.4 Å². The molecule has 3 rings (SSSR count). The highest BCUT2D eigenvalue weighted by Gasteiger charge is 2.26. The van der Waals surface area contributed by atoms with Crippen LogP contribution >= 0.6 is 0 Å². The van der Waals surface area contributed by atoms with E-state index < -0.39 is 24.0 Å². The Balaban J connectivity index is 1.60. The molecule has 24 heavy (non-hydrogen) atoms. The minimum atomic E-state index is -1.10. The molecule has 2 heterocycles. The molecule has 0 saturated heterocycles. The van der Waals surface area contributed by atoms with Gasteiger partial charge in [0.15, 0.2) is 11.8 Å². The van der Waals surface area contributed by atoms with E-state index >= 15 is 0 Å². The minimum Gasteiger partial charge on any atom is -0.448 e. The largest absolute Gasteiger partial charge is 0.448 e. The summed E-state index contributed by atoms with van der Waals surface area (Å²) in [5.74, 6) is -1.40. The Morgan fingerprint density at radius 1 is 1.33 bits per heavy atom. The molecular formula is C16H18N4O4. The monoisotopic (exact) mass is 330 g/mol. The Morgan fingerprint density at radius 3 is 2.75 bits per heavy atom. The lowest BCUT2D eigenvalue weighted by atomic mass is 10.3. The molecule has 3 amide bonds. The third kappa shape index (κ3) is 3.53. The number of nitrogens with zero attached hydrogens (tertiary/aromatic N) is 2. The number of rotatable bonds is 4. The van der Waals surface area contributed by atoms with E-state index in [1.165, 1.54) is 6.92 Å². The lowest BCUT2D eigenvalue weighted by molar-refractivity contribution is -0.127. The van der Waals surface area contributed by atoms with Gasteiger partial charge in [-0.2, -0.15) is 0 Å². The lowest BCUT2D eigenvalue weighted by Crippen LogP contribution is -2.45. The molecule has 0 bridgehead atoms. The number of esters is 1. The van der Waals surface area contributed by atoms with Crippen LogP contribution in [0.3, 0.4) is 0 Å². The molecule has 1 aliphatic carbocycles. The molecule has 0 aromatic carbocycles. The number of hydrogen-bond acceptors (Lipinski definition) is 5. The second-order valence-corrected chi connectivity index (χ2v) is 5.81. The summed E-state index contributed by atoms with van der Waals surface area (Å²) >= 11 is 0. The van der Waals surface area contributed by atoms with E-state index in [4.69, 9.17) is 4.74 Å². The van der Waals surface area contributed by atoms with Gasteiger partial charge in [0, 0.05) is 17.9 Å². The van der Waals surface area contributed by atoms with Crippen molar-refractivity contribution in [2.24, 2.45) is 0 Å². The van der Waals surface area contributed by atoms with Crippen molar-refractivity contribution in [3.8, 4) is 0 Å². The van der Waals surface area contributed by atoms with Crippen LogP contribution in [0.1, 0.15) is 35.9 Å². The van der Waals surface area contributed by atoms with Crippen LogP contribution in [-0.2, 0) is 9.53 Å². The Labute approximate surface area is 138 Å². The first-order valence-electron chi connectivity index (χ1n) is 7.71. The van der Waals surface area contributed by atoms with E-state index in [9.17, 15) is 14.4 Å². The molecule has 0 radical (unpaired) electrons. The summed E-state index contributed by atoms with van der Waals surface area (Å²) in [5, 5.41) is 4.77. The maximum atomic E-state index is 12.1. The van der Waals surface area contributed by atoms with Crippen LogP contribution in [0.5, 0.6) is 0 Å². The lowest BCUT2D eigenvalue weighted by Gasteiger charge is -2.12. The van der Waals surface area contributed by atoms with Gasteiger partial charge in [-0.1, -0.05) is 6.07 Å². The summed E-state index contributed by atoms with van der Waals surface area (Å²) in [6, 6.07) is 5.05. The van der Waals surface area contributed by atoms with E-state index in [0.29, 0.717) is 5.65 Å². The molecule has 2 aromatic heterocycles. The van der Waals surface area contributed by atoms with Crippen LogP contribution in [-0.4, -0.2) is 39.4 Å². The second kappa shape index (κ2) is 6.31. The number of ether oxygens (including phenoxy) is 1. The first-order chi connectivity index (χ1) is 11.4. The number of aryl methyl sites for hydroxylation is 1. The van der Waals surface area contributed by atoms with Crippen molar-refractivity contribution in [1.82, 2.24) is 20.0 Å². The van der Waals surface area contributed by atoms with E-state index in [2.05, 4.69) is 15.6 Å². The molecule has 2 N–H and O–H groups in total. The summed E-state index contributed by atoms with van der Waals surface area (Å²) in [7, 11) is 0. The molecule has 8 heteroatoms. The predicted molar refractivity (Wildman–Crippen MR) is 84.5 cm³/mol. The molecule has 8 nitrogen and oxygen atoms in total. The van der Waals surface area contributed by atoms with Gasteiger partial charge in [-0.25, -0.2) is 14.6 Å². The van der Waals surface area contributed by atoms with Crippen LogP contribution < -0.4 is 10.6 Å². The fourth-order valence-corrected chi connectivity index (χ4v) is 2.18. The molecule has 126 valence electrons. The van der Waals surface area contributed by atoms with Gasteiger partial charge < -0.3 is 14.5 Å². The average Bonchev–Trinajstić information content (AvgIpc) is 3.21. The highest BCUT2D eigenvalue weighted by atomic mass is 16.5. The van der Waals surface area contributed by atoms with Gasteiger partial charge in [-0.15, -0.1) is 0 Å². The number of carbonyl (C=O) groups excluding carboxylic acids is 3. The Kier molecular flexibility index (Phi) is 4.20. The fraction of sp³-hybridized carbons (Fsp3) is 0.375. The number of imidazole rings is 1. The number of amides is 3. The number of aromatic nitrogens is 2. The second-order valence-electron chi connectivity index (χ2n) is 5.81. The van der Waals surface area contributed by atoms with Crippen LogP contribution in [0, 0.1) is 6.92 Å². The zero-order chi connectivity index (χ0) is 17.3. The number of nitrogens with one attached hydrogen (secondary N) is 2. The van der Waals surface area contributed by atoms with E-state index in [1.54, 1.807) is 16.7 Å². The smallest absolute Gasteiger partial charge is 0.359 e. The maximum Gasteiger partial charge on any atom is 0.359 e. The number of pyridine rings is 1. The minimum absolute atomic E-state index is 0.103. The predicted octanol–water partition coefficient (Wildman–Crippen LogP) is 1.18. The standard InChI is InChI=1S/C16H18N4O4/c1-9-4-3-5-13-18-12(8-20(9)13)15(22)24-10(2)14(21)19-16(23)17-11-6-7-11/h3-5,8,10-11H,6-7H2,1-2H3,(H2,17,19,21,23). The third-order valence-corrected chi connectivity index (χ3v) is 3.71. The van der Waals surface area contributed by atoms with Crippen molar-refractivity contribution in [3.63, 3.8) is 0 Å². The zero-order valence-electron chi connectivity index (χ0n) is 13.4. The quantitative estimate of drug-likeness (QED) is 0.820.